The summed E-state index contributed by atoms with van der Waals surface area (Å²) in [4.78, 5) is 10.7. The summed E-state index contributed by atoms with van der Waals surface area (Å²) < 4.78 is 4.89. The molecule has 3 nitrogen and oxygen atoms in total. The van der Waals surface area contributed by atoms with Crippen LogP contribution in [0.25, 0.3) is 0 Å². The number of hydrogen-bond acceptors (Lipinski definition) is 3. The van der Waals surface area contributed by atoms with Gasteiger partial charge in [-0.1, -0.05) is 24.3 Å². The molecule has 0 aromatic heterocycles. The SMILES string of the molecule is C/C=C/C=C/C(O)C1CCC(=O)O1. The van der Waals surface area contributed by atoms with Crippen molar-refractivity contribution in [2.24, 2.45) is 0 Å². The van der Waals surface area contributed by atoms with Crippen LogP contribution < -0.4 is 0 Å². The van der Waals surface area contributed by atoms with Crippen molar-refractivity contribution in [1.82, 2.24) is 0 Å². The fourth-order valence-electron chi connectivity index (χ4n) is 1.20. The molecule has 13 heavy (non-hydrogen) atoms. The predicted octanol–water partition coefficient (Wildman–Crippen LogP) is 1.19. The number of cyclic esters (lactones) is 1. The molecule has 0 bridgehead atoms. The summed E-state index contributed by atoms with van der Waals surface area (Å²) in [6.07, 6.45) is 7.06. The molecule has 1 aliphatic heterocycles. The Balaban J connectivity index is 2.39. The molecule has 1 rings (SSSR count). The average molecular weight is 182 g/mol. The zero-order valence-corrected chi connectivity index (χ0v) is 7.64. The molecule has 0 aromatic rings. The van der Waals surface area contributed by atoms with E-state index in [1.165, 1.54) is 0 Å². The van der Waals surface area contributed by atoms with Gasteiger partial charge in [-0.2, -0.15) is 0 Å². The molecule has 72 valence electrons. The average Bonchev–Trinajstić information content (AvgIpc) is 2.52. The van der Waals surface area contributed by atoms with Crippen LogP contribution in [0.2, 0.25) is 0 Å². The van der Waals surface area contributed by atoms with E-state index in [-0.39, 0.29) is 12.1 Å². The molecule has 1 aliphatic rings. The third-order valence-electron chi connectivity index (χ3n) is 1.91. The molecular weight excluding hydrogens is 168 g/mol. The van der Waals surface area contributed by atoms with Gasteiger partial charge in [-0.15, -0.1) is 0 Å². The van der Waals surface area contributed by atoms with Gasteiger partial charge in [0.15, 0.2) is 0 Å². The summed E-state index contributed by atoms with van der Waals surface area (Å²) in [7, 11) is 0. The molecule has 0 radical (unpaired) electrons. The summed E-state index contributed by atoms with van der Waals surface area (Å²) in [5, 5.41) is 9.50. The predicted molar refractivity (Wildman–Crippen MR) is 49.1 cm³/mol. The maximum Gasteiger partial charge on any atom is 0.306 e. The van der Waals surface area contributed by atoms with Crippen LogP contribution in [0.4, 0.5) is 0 Å². The molecule has 1 N–H and O–H groups in total. The second-order valence-electron chi connectivity index (χ2n) is 2.97. The second-order valence-corrected chi connectivity index (χ2v) is 2.97. The lowest BCUT2D eigenvalue weighted by molar-refractivity contribution is -0.144. The highest BCUT2D eigenvalue weighted by molar-refractivity contribution is 5.71. The summed E-state index contributed by atoms with van der Waals surface area (Å²) in [6.45, 7) is 1.90. The van der Waals surface area contributed by atoms with Crippen LogP contribution in [0.1, 0.15) is 19.8 Å². The molecule has 0 saturated carbocycles. The molecule has 1 fully saturated rings. The minimum absolute atomic E-state index is 0.219. The molecular formula is C10H14O3. The first-order valence-electron chi connectivity index (χ1n) is 4.41. The Morgan fingerprint density at radius 3 is 2.92 bits per heavy atom. The number of aliphatic hydroxyl groups excluding tert-OH is 1. The monoisotopic (exact) mass is 182 g/mol. The van der Waals surface area contributed by atoms with E-state index in [1.807, 2.05) is 19.1 Å². The number of carbonyl (C=O) groups excluding carboxylic acids is 1. The number of hydrogen-bond donors (Lipinski definition) is 1. The fraction of sp³-hybridized carbons (Fsp3) is 0.500. The van der Waals surface area contributed by atoms with E-state index >= 15 is 0 Å². The minimum atomic E-state index is -0.678. The van der Waals surface area contributed by atoms with E-state index < -0.39 is 6.10 Å². The Bertz CT molecular complexity index is 230. The van der Waals surface area contributed by atoms with Gasteiger partial charge in [0, 0.05) is 6.42 Å². The van der Waals surface area contributed by atoms with Crippen LogP contribution in [-0.4, -0.2) is 23.3 Å². The Hall–Kier alpha value is -1.09. The first kappa shape index (κ1) is 9.99. The number of rotatable bonds is 3. The topological polar surface area (TPSA) is 46.5 Å². The van der Waals surface area contributed by atoms with Crippen molar-refractivity contribution in [3.05, 3.63) is 24.3 Å². The van der Waals surface area contributed by atoms with E-state index in [1.54, 1.807) is 12.2 Å². The Morgan fingerprint density at radius 2 is 2.38 bits per heavy atom. The summed E-state index contributed by atoms with van der Waals surface area (Å²) in [5.74, 6) is -0.219. The van der Waals surface area contributed by atoms with Gasteiger partial charge in [-0.25, -0.2) is 0 Å². The summed E-state index contributed by atoms with van der Waals surface area (Å²) >= 11 is 0. The third-order valence-corrected chi connectivity index (χ3v) is 1.91. The smallest absolute Gasteiger partial charge is 0.306 e. The number of esters is 1. The van der Waals surface area contributed by atoms with Gasteiger partial charge < -0.3 is 9.84 Å². The Morgan fingerprint density at radius 1 is 1.62 bits per heavy atom. The molecule has 1 heterocycles. The molecule has 0 spiro atoms. The van der Waals surface area contributed by atoms with Crippen LogP contribution in [-0.2, 0) is 9.53 Å². The lowest BCUT2D eigenvalue weighted by Crippen LogP contribution is -2.23. The van der Waals surface area contributed by atoms with Gasteiger partial charge >= 0.3 is 5.97 Å². The Labute approximate surface area is 77.7 Å². The highest BCUT2D eigenvalue weighted by Gasteiger charge is 2.27. The first-order valence-corrected chi connectivity index (χ1v) is 4.41. The van der Waals surface area contributed by atoms with E-state index in [2.05, 4.69) is 0 Å². The van der Waals surface area contributed by atoms with Gasteiger partial charge in [-0.05, 0) is 13.3 Å². The van der Waals surface area contributed by atoms with E-state index in [0.29, 0.717) is 12.8 Å². The van der Waals surface area contributed by atoms with Gasteiger partial charge in [-0.3, -0.25) is 4.79 Å². The molecule has 0 amide bonds. The molecule has 2 atom stereocenters. The summed E-state index contributed by atoms with van der Waals surface area (Å²) in [6, 6.07) is 0. The van der Waals surface area contributed by atoms with Crippen LogP contribution in [0, 0.1) is 0 Å². The van der Waals surface area contributed by atoms with Crippen molar-refractivity contribution in [3.8, 4) is 0 Å². The summed E-state index contributed by atoms with van der Waals surface area (Å²) in [5.41, 5.74) is 0. The fourth-order valence-corrected chi connectivity index (χ4v) is 1.20. The van der Waals surface area contributed by atoms with Crippen molar-refractivity contribution in [2.75, 3.05) is 0 Å². The molecule has 3 heteroatoms. The molecule has 2 unspecified atom stereocenters. The largest absolute Gasteiger partial charge is 0.459 e. The van der Waals surface area contributed by atoms with Gasteiger partial charge in [0.25, 0.3) is 0 Å². The van der Waals surface area contributed by atoms with Crippen LogP contribution in [0.5, 0.6) is 0 Å². The van der Waals surface area contributed by atoms with Crippen LogP contribution in [0.3, 0.4) is 0 Å². The highest BCUT2D eigenvalue weighted by atomic mass is 16.6. The van der Waals surface area contributed by atoms with Crippen molar-refractivity contribution in [1.29, 1.82) is 0 Å². The quantitative estimate of drug-likeness (QED) is 0.526. The minimum Gasteiger partial charge on any atom is -0.459 e. The second kappa shape index (κ2) is 4.82. The van der Waals surface area contributed by atoms with Crippen molar-refractivity contribution < 1.29 is 14.6 Å². The Kier molecular flexibility index (Phi) is 3.71. The number of carbonyl (C=O) groups is 1. The third kappa shape index (κ3) is 3.03. The van der Waals surface area contributed by atoms with Crippen LogP contribution in [0.15, 0.2) is 24.3 Å². The van der Waals surface area contributed by atoms with E-state index in [0.717, 1.165) is 0 Å². The number of aliphatic hydroxyl groups is 1. The zero-order valence-electron chi connectivity index (χ0n) is 7.64. The standard InChI is InChI=1S/C10H14O3/c1-2-3-4-5-8(11)9-6-7-10(12)13-9/h2-5,8-9,11H,6-7H2,1H3/b3-2+,5-4+. The molecule has 0 aromatic carbocycles. The van der Waals surface area contributed by atoms with Gasteiger partial charge in [0.05, 0.1) is 0 Å². The van der Waals surface area contributed by atoms with E-state index in [4.69, 9.17) is 4.74 Å². The maximum atomic E-state index is 10.7. The lowest BCUT2D eigenvalue weighted by Gasteiger charge is -2.12. The number of allylic oxidation sites excluding steroid dienone is 3. The first-order chi connectivity index (χ1) is 6.24. The van der Waals surface area contributed by atoms with Crippen molar-refractivity contribution >= 4 is 5.97 Å². The molecule has 1 saturated heterocycles. The normalized spacial score (nSPS) is 25.7. The lowest BCUT2D eigenvalue weighted by atomic mass is 10.1. The van der Waals surface area contributed by atoms with Gasteiger partial charge in [0.2, 0.25) is 0 Å². The highest BCUT2D eigenvalue weighted by Crippen LogP contribution is 2.17. The van der Waals surface area contributed by atoms with E-state index in [9.17, 15) is 9.90 Å². The van der Waals surface area contributed by atoms with Crippen LogP contribution >= 0.6 is 0 Å². The zero-order chi connectivity index (χ0) is 9.68. The van der Waals surface area contributed by atoms with Crippen molar-refractivity contribution in [2.45, 2.75) is 32.0 Å². The van der Waals surface area contributed by atoms with Crippen molar-refractivity contribution in [3.63, 3.8) is 0 Å². The number of ether oxygens (including phenoxy) is 1. The maximum absolute atomic E-state index is 10.7. The van der Waals surface area contributed by atoms with Gasteiger partial charge in [0.1, 0.15) is 12.2 Å². The molecule has 0 aliphatic carbocycles.